The first-order chi connectivity index (χ1) is 11.1. The largest absolute Gasteiger partial charge is 0.264 e. The fraction of sp³-hybridized carbons (Fsp3) is 0.0556. The van der Waals surface area contributed by atoms with Gasteiger partial charge in [0.2, 0.25) is 0 Å². The van der Waals surface area contributed by atoms with E-state index in [4.69, 9.17) is 34.8 Å². The van der Waals surface area contributed by atoms with Gasteiger partial charge in [0, 0.05) is 22.3 Å². The van der Waals surface area contributed by atoms with E-state index in [2.05, 4.69) is 11.1 Å². The van der Waals surface area contributed by atoms with Crippen LogP contribution < -0.4 is 0 Å². The predicted molar refractivity (Wildman–Crippen MR) is 99.9 cm³/mol. The Balaban J connectivity index is 2.02. The molecule has 3 rings (SSSR count). The number of rotatable bonds is 4. The lowest BCUT2D eigenvalue weighted by atomic mass is 10.1. The number of hydrogen-bond acceptors (Lipinski definition) is 2. The molecule has 116 valence electrons. The van der Waals surface area contributed by atoms with E-state index in [0.29, 0.717) is 15.1 Å². The lowest BCUT2D eigenvalue weighted by molar-refractivity contribution is 1.11. The smallest absolute Gasteiger partial charge is 0.0728 e. The maximum Gasteiger partial charge on any atom is 0.0728 e. The lowest BCUT2D eigenvalue weighted by Gasteiger charge is -2.18. The van der Waals surface area contributed by atoms with Gasteiger partial charge in [0.25, 0.3) is 0 Å². The summed E-state index contributed by atoms with van der Waals surface area (Å²) in [5.74, 6) is 0. The Bertz CT molecular complexity index is 791. The third kappa shape index (κ3) is 4.02. The molecule has 0 fully saturated rings. The van der Waals surface area contributed by atoms with Gasteiger partial charge < -0.3 is 0 Å². The molecule has 0 spiro atoms. The third-order valence-electron chi connectivity index (χ3n) is 3.32. The Hall–Kier alpha value is -1.19. The first-order valence-corrected chi connectivity index (χ1v) is 8.92. The molecule has 5 heteroatoms. The van der Waals surface area contributed by atoms with Crippen LogP contribution in [0.2, 0.25) is 15.1 Å². The third-order valence-corrected chi connectivity index (χ3v) is 5.88. The molecule has 1 nitrogen and oxygen atoms in total. The first-order valence-electron chi connectivity index (χ1n) is 6.91. The van der Waals surface area contributed by atoms with Gasteiger partial charge in [-0.3, -0.25) is 4.98 Å². The highest BCUT2D eigenvalue weighted by Gasteiger charge is 2.18. The van der Waals surface area contributed by atoms with Crippen molar-refractivity contribution in [3.05, 3.63) is 93.2 Å². The summed E-state index contributed by atoms with van der Waals surface area (Å²) in [4.78, 5) is 5.17. The second-order valence-corrected chi connectivity index (χ2v) is 7.26. The van der Waals surface area contributed by atoms with Crippen LogP contribution in [0.4, 0.5) is 0 Å². The Kier molecular flexibility index (Phi) is 5.50. The second kappa shape index (κ2) is 7.59. The molecule has 0 aliphatic carbocycles. The molecular formula is C18H12Cl3NS. The molecule has 1 aromatic heterocycles. The molecule has 0 saturated heterocycles. The van der Waals surface area contributed by atoms with Gasteiger partial charge in [-0.2, -0.15) is 0 Å². The Morgan fingerprint density at radius 2 is 1.61 bits per heavy atom. The van der Waals surface area contributed by atoms with Crippen LogP contribution in [-0.4, -0.2) is 4.98 Å². The summed E-state index contributed by atoms with van der Waals surface area (Å²) in [6, 6.07) is 17.5. The van der Waals surface area contributed by atoms with E-state index < -0.39 is 0 Å². The van der Waals surface area contributed by atoms with Crippen LogP contribution in [0.25, 0.3) is 0 Å². The number of thioether (sulfide) groups is 1. The fourth-order valence-electron chi connectivity index (χ4n) is 2.20. The molecule has 0 amide bonds. The normalized spacial score (nSPS) is 12.1. The molecule has 0 N–H and O–H groups in total. The van der Waals surface area contributed by atoms with E-state index >= 15 is 0 Å². The van der Waals surface area contributed by atoms with Gasteiger partial charge in [-0.05, 0) is 41.5 Å². The standard InChI is InChI=1S/C18H12Cl3NS/c19-14-8-6-12(7-9-14)18(13-3-2-10-22-11-13)23-16-5-1-4-15(20)17(16)21/h1-11,18H. The van der Waals surface area contributed by atoms with Crippen molar-refractivity contribution in [3.8, 4) is 0 Å². The Labute approximate surface area is 154 Å². The van der Waals surface area contributed by atoms with Crippen molar-refractivity contribution in [3.63, 3.8) is 0 Å². The van der Waals surface area contributed by atoms with E-state index in [1.807, 2.05) is 48.7 Å². The van der Waals surface area contributed by atoms with Gasteiger partial charge in [-0.1, -0.05) is 59.1 Å². The van der Waals surface area contributed by atoms with Crippen LogP contribution in [0, 0.1) is 0 Å². The minimum absolute atomic E-state index is 0.0527. The minimum Gasteiger partial charge on any atom is -0.264 e. The maximum atomic E-state index is 6.35. The van der Waals surface area contributed by atoms with Crippen LogP contribution in [0.3, 0.4) is 0 Å². The summed E-state index contributed by atoms with van der Waals surface area (Å²) in [7, 11) is 0. The Morgan fingerprint density at radius 1 is 0.826 bits per heavy atom. The molecule has 1 heterocycles. The van der Waals surface area contributed by atoms with Crippen molar-refractivity contribution in [2.75, 3.05) is 0 Å². The van der Waals surface area contributed by atoms with Crippen LogP contribution in [-0.2, 0) is 0 Å². The summed E-state index contributed by atoms with van der Waals surface area (Å²) in [6.07, 6.45) is 3.63. The van der Waals surface area contributed by atoms with Crippen LogP contribution in [0.15, 0.2) is 71.9 Å². The summed E-state index contributed by atoms with van der Waals surface area (Å²) in [5, 5.41) is 1.89. The highest BCUT2D eigenvalue weighted by Crippen LogP contribution is 2.44. The van der Waals surface area contributed by atoms with E-state index in [1.165, 1.54) is 0 Å². The number of pyridine rings is 1. The lowest BCUT2D eigenvalue weighted by Crippen LogP contribution is -1.97. The number of aromatic nitrogens is 1. The number of halogens is 3. The molecule has 1 atom stereocenters. The van der Waals surface area contributed by atoms with E-state index in [-0.39, 0.29) is 5.25 Å². The molecule has 0 aliphatic heterocycles. The summed E-state index contributed by atoms with van der Waals surface area (Å²) < 4.78 is 0. The minimum atomic E-state index is 0.0527. The SMILES string of the molecule is Clc1ccc(C(Sc2cccc(Cl)c2Cl)c2cccnc2)cc1. The highest BCUT2D eigenvalue weighted by molar-refractivity contribution is 7.99. The molecule has 0 radical (unpaired) electrons. The zero-order valence-corrected chi connectivity index (χ0v) is 15.0. The van der Waals surface area contributed by atoms with Crippen LogP contribution >= 0.6 is 46.6 Å². The zero-order chi connectivity index (χ0) is 16.2. The molecule has 23 heavy (non-hydrogen) atoms. The van der Waals surface area contributed by atoms with Gasteiger partial charge in [0.1, 0.15) is 0 Å². The molecule has 0 saturated carbocycles. The van der Waals surface area contributed by atoms with Gasteiger partial charge in [-0.25, -0.2) is 0 Å². The topological polar surface area (TPSA) is 12.9 Å². The average Bonchev–Trinajstić information content (AvgIpc) is 2.58. The fourth-order valence-corrected chi connectivity index (χ4v) is 4.01. The van der Waals surface area contributed by atoms with Crippen LogP contribution in [0.1, 0.15) is 16.4 Å². The first kappa shape index (κ1) is 16.7. The number of hydrogen-bond donors (Lipinski definition) is 0. The molecule has 1 unspecified atom stereocenters. The van der Waals surface area contributed by atoms with Crippen molar-refractivity contribution in [1.82, 2.24) is 4.98 Å². The van der Waals surface area contributed by atoms with Crippen LogP contribution in [0.5, 0.6) is 0 Å². The summed E-state index contributed by atoms with van der Waals surface area (Å²) in [6.45, 7) is 0. The molecule has 0 aliphatic rings. The highest BCUT2D eigenvalue weighted by atomic mass is 35.5. The zero-order valence-electron chi connectivity index (χ0n) is 11.9. The predicted octanol–water partition coefficient (Wildman–Crippen LogP) is 6.92. The molecule has 3 aromatic rings. The molecular weight excluding hydrogens is 369 g/mol. The average molecular weight is 381 g/mol. The van der Waals surface area contributed by atoms with Crippen molar-refractivity contribution >= 4 is 46.6 Å². The van der Waals surface area contributed by atoms with E-state index in [9.17, 15) is 0 Å². The quantitative estimate of drug-likeness (QED) is 0.455. The van der Waals surface area contributed by atoms with Crippen molar-refractivity contribution in [1.29, 1.82) is 0 Å². The Morgan fingerprint density at radius 3 is 2.30 bits per heavy atom. The monoisotopic (exact) mass is 379 g/mol. The maximum absolute atomic E-state index is 6.35. The van der Waals surface area contributed by atoms with Crippen molar-refractivity contribution in [2.45, 2.75) is 10.1 Å². The summed E-state index contributed by atoms with van der Waals surface area (Å²) in [5.41, 5.74) is 2.22. The summed E-state index contributed by atoms with van der Waals surface area (Å²) >= 11 is 20.1. The van der Waals surface area contributed by atoms with Gasteiger partial charge in [0.15, 0.2) is 0 Å². The van der Waals surface area contributed by atoms with Gasteiger partial charge in [0.05, 0.1) is 15.3 Å². The molecule has 0 bridgehead atoms. The van der Waals surface area contributed by atoms with E-state index in [0.717, 1.165) is 16.0 Å². The van der Waals surface area contributed by atoms with E-state index in [1.54, 1.807) is 24.0 Å². The molecule has 2 aromatic carbocycles. The number of nitrogens with zero attached hydrogens (tertiary/aromatic N) is 1. The second-order valence-electron chi connectivity index (χ2n) is 4.89. The van der Waals surface area contributed by atoms with Gasteiger partial charge >= 0.3 is 0 Å². The number of benzene rings is 2. The van der Waals surface area contributed by atoms with Crippen molar-refractivity contribution in [2.24, 2.45) is 0 Å². The van der Waals surface area contributed by atoms with Gasteiger partial charge in [-0.15, -0.1) is 11.8 Å². The van der Waals surface area contributed by atoms with Crippen molar-refractivity contribution < 1.29 is 0 Å².